The van der Waals surface area contributed by atoms with Gasteiger partial charge in [0.15, 0.2) is 11.9 Å². The highest BCUT2D eigenvalue weighted by molar-refractivity contribution is 6.06. The summed E-state index contributed by atoms with van der Waals surface area (Å²) >= 11 is 0. The highest BCUT2D eigenvalue weighted by atomic mass is 16.5. The molecule has 1 atom stereocenters. The van der Waals surface area contributed by atoms with Gasteiger partial charge in [0.1, 0.15) is 17.1 Å². The zero-order valence-electron chi connectivity index (χ0n) is 14.0. The molecule has 0 fully saturated rings. The largest absolute Gasteiger partial charge is 0.497 e. The number of fused-ring (bicyclic) bond motifs is 3. The second kappa shape index (κ2) is 6.00. The summed E-state index contributed by atoms with van der Waals surface area (Å²) in [5.41, 5.74) is 0.720. The van der Waals surface area contributed by atoms with Crippen LogP contribution >= 0.6 is 0 Å². The number of hydrogen-bond acceptors (Lipinski definition) is 5. The topological polar surface area (TPSA) is 65.7 Å². The Labute approximate surface area is 138 Å². The molecule has 124 valence electrons. The maximum Gasteiger partial charge on any atom is 0.344 e. The lowest BCUT2D eigenvalue weighted by atomic mass is 10.0. The summed E-state index contributed by atoms with van der Waals surface area (Å²) in [6, 6.07) is 8.94. The zero-order valence-corrected chi connectivity index (χ0v) is 14.0. The van der Waals surface area contributed by atoms with Crippen molar-refractivity contribution < 1.29 is 18.7 Å². The molecule has 24 heavy (non-hydrogen) atoms. The van der Waals surface area contributed by atoms with Crippen molar-refractivity contribution in [2.75, 3.05) is 7.11 Å². The molecule has 1 unspecified atom stereocenters. The molecule has 0 spiro atoms. The van der Waals surface area contributed by atoms with Crippen molar-refractivity contribution in [2.24, 2.45) is 0 Å². The molecule has 2 aromatic carbocycles. The second-order valence-corrected chi connectivity index (χ2v) is 5.74. The first-order valence-electron chi connectivity index (χ1n) is 7.63. The molecule has 0 aliphatic rings. The van der Waals surface area contributed by atoms with E-state index in [0.29, 0.717) is 28.0 Å². The summed E-state index contributed by atoms with van der Waals surface area (Å²) in [4.78, 5) is 23.7. The van der Waals surface area contributed by atoms with Crippen LogP contribution in [0.3, 0.4) is 0 Å². The van der Waals surface area contributed by atoms with Crippen LogP contribution in [0, 0.1) is 6.92 Å². The number of rotatable bonds is 4. The van der Waals surface area contributed by atoms with E-state index in [4.69, 9.17) is 13.9 Å². The van der Waals surface area contributed by atoms with Crippen molar-refractivity contribution in [3.05, 3.63) is 46.3 Å². The van der Waals surface area contributed by atoms with E-state index in [1.54, 1.807) is 32.2 Å². The number of hydrogen-bond donors (Lipinski definition) is 0. The third-order valence-electron chi connectivity index (χ3n) is 4.16. The van der Waals surface area contributed by atoms with Crippen LogP contribution in [0.15, 0.2) is 39.5 Å². The molecule has 0 bridgehead atoms. The summed E-state index contributed by atoms with van der Waals surface area (Å²) in [7, 11) is 1.55. The van der Waals surface area contributed by atoms with E-state index in [0.717, 1.165) is 10.8 Å². The molecule has 5 nitrogen and oxygen atoms in total. The monoisotopic (exact) mass is 326 g/mol. The van der Waals surface area contributed by atoms with Crippen LogP contribution in [0.25, 0.3) is 21.7 Å². The van der Waals surface area contributed by atoms with E-state index in [2.05, 4.69) is 0 Å². The smallest absolute Gasteiger partial charge is 0.344 e. The molecular weight excluding hydrogens is 308 g/mol. The zero-order chi connectivity index (χ0) is 17.4. The number of aryl methyl sites for hydroxylation is 1. The maximum absolute atomic E-state index is 12.3. The van der Waals surface area contributed by atoms with Gasteiger partial charge in [-0.25, -0.2) is 4.79 Å². The van der Waals surface area contributed by atoms with Crippen molar-refractivity contribution in [1.29, 1.82) is 0 Å². The van der Waals surface area contributed by atoms with Gasteiger partial charge in [0, 0.05) is 16.3 Å². The highest BCUT2D eigenvalue weighted by Crippen LogP contribution is 2.32. The molecular formula is C19H18O5. The first kappa shape index (κ1) is 16.1. The number of carbonyl (C=O) groups is 1. The molecule has 3 rings (SSSR count). The number of carbonyl (C=O) groups excluding carboxylic acids is 1. The lowest BCUT2D eigenvalue weighted by Crippen LogP contribution is -2.21. The van der Waals surface area contributed by atoms with Crippen LogP contribution < -0.4 is 15.1 Å². The number of Topliss-reactive ketones (excluding diaryl/α,β-unsaturated/α-hetero) is 1. The minimum absolute atomic E-state index is 0.0680. The third kappa shape index (κ3) is 2.62. The molecule has 0 N–H and O–H groups in total. The van der Waals surface area contributed by atoms with Gasteiger partial charge in [0.25, 0.3) is 0 Å². The number of methoxy groups -OCH3 is 1. The van der Waals surface area contributed by atoms with E-state index in [1.165, 1.54) is 6.92 Å². The van der Waals surface area contributed by atoms with E-state index >= 15 is 0 Å². The van der Waals surface area contributed by atoms with Crippen molar-refractivity contribution >= 4 is 27.5 Å². The average molecular weight is 326 g/mol. The molecule has 0 aliphatic carbocycles. The maximum atomic E-state index is 12.3. The van der Waals surface area contributed by atoms with Crippen LogP contribution in [0.5, 0.6) is 11.5 Å². The van der Waals surface area contributed by atoms with Gasteiger partial charge in [0.05, 0.1) is 12.5 Å². The first-order chi connectivity index (χ1) is 11.4. The van der Waals surface area contributed by atoms with Gasteiger partial charge in [-0.1, -0.05) is 0 Å². The molecule has 0 aliphatic heterocycles. The fraction of sp³-hybridized carbons (Fsp3) is 0.263. The summed E-state index contributed by atoms with van der Waals surface area (Å²) in [5, 5.41) is 2.07. The standard InChI is InChI=1S/C19H18O5/c1-10-17(23-12(3)11(2)20)8-7-15-14-6-5-13(22-4)9-16(14)19(21)24-18(10)15/h5-9,12H,1-4H3. The summed E-state index contributed by atoms with van der Waals surface area (Å²) in [6.45, 7) is 4.97. The third-order valence-corrected chi connectivity index (χ3v) is 4.16. The minimum Gasteiger partial charge on any atom is -0.497 e. The summed E-state index contributed by atoms with van der Waals surface area (Å²) < 4.78 is 16.3. The van der Waals surface area contributed by atoms with Crippen molar-refractivity contribution in [2.45, 2.75) is 26.9 Å². The molecule has 1 aromatic heterocycles. The average Bonchev–Trinajstić information content (AvgIpc) is 2.57. The van der Waals surface area contributed by atoms with Gasteiger partial charge in [-0.2, -0.15) is 0 Å². The number of ketones is 1. The Bertz CT molecular complexity index is 1000. The van der Waals surface area contributed by atoms with Gasteiger partial charge in [-0.05, 0) is 51.1 Å². The molecule has 0 amide bonds. The Morgan fingerprint density at radius 3 is 2.50 bits per heavy atom. The molecule has 0 radical (unpaired) electrons. The molecule has 5 heteroatoms. The predicted octanol–water partition coefficient (Wildman–Crippen LogP) is 3.62. The summed E-state index contributed by atoms with van der Waals surface area (Å²) in [5.74, 6) is 1.06. The van der Waals surface area contributed by atoms with Crippen molar-refractivity contribution in [3.8, 4) is 11.5 Å². The molecule has 3 aromatic rings. The van der Waals surface area contributed by atoms with Gasteiger partial charge >= 0.3 is 5.63 Å². The Balaban J connectivity index is 2.24. The normalized spacial score (nSPS) is 12.3. The van der Waals surface area contributed by atoms with Crippen LogP contribution in [-0.2, 0) is 4.79 Å². The Morgan fingerprint density at radius 2 is 1.83 bits per heavy atom. The van der Waals surface area contributed by atoms with Crippen molar-refractivity contribution in [1.82, 2.24) is 0 Å². The Morgan fingerprint density at radius 1 is 1.12 bits per heavy atom. The molecule has 0 saturated heterocycles. The number of ether oxygens (including phenoxy) is 2. The lowest BCUT2D eigenvalue weighted by Gasteiger charge is -2.15. The predicted molar refractivity (Wildman–Crippen MR) is 92.1 cm³/mol. The lowest BCUT2D eigenvalue weighted by molar-refractivity contribution is -0.122. The van der Waals surface area contributed by atoms with Crippen LogP contribution in [0.2, 0.25) is 0 Å². The quantitative estimate of drug-likeness (QED) is 0.541. The van der Waals surface area contributed by atoms with Crippen molar-refractivity contribution in [3.63, 3.8) is 0 Å². The van der Waals surface area contributed by atoms with E-state index in [-0.39, 0.29) is 5.78 Å². The molecule has 1 heterocycles. The SMILES string of the molecule is COc1ccc2c(c1)c(=O)oc1c(C)c(OC(C)C(C)=O)ccc12. The number of benzene rings is 2. The minimum atomic E-state index is -0.558. The fourth-order valence-corrected chi connectivity index (χ4v) is 2.62. The second-order valence-electron chi connectivity index (χ2n) is 5.74. The van der Waals surface area contributed by atoms with E-state index in [1.807, 2.05) is 19.1 Å². The van der Waals surface area contributed by atoms with Gasteiger partial charge < -0.3 is 13.9 Å². The fourth-order valence-electron chi connectivity index (χ4n) is 2.62. The van der Waals surface area contributed by atoms with Gasteiger partial charge in [0.2, 0.25) is 0 Å². The van der Waals surface area contributed by atoms with Crippen LogP contribution in [-0.4, -0.2) is 19.0 Å². The summed E-state index contributed by atoms with van der Waals surface area (Å²) in [6.07, 6.45) is -0.558. The van der Waals surface area contributed by atoms with Gasteiger partial charge in [-0.15, -0.1) is 0 Å². The Kier molecular flexibility index (Phi) is 4.01. The van der Waals surface area contributed by atoms with Crippen LogP contribution in [0.4, 0.5) is 0 Å². The van der Waals surface area contributed by atoms with Gasteiger partial charge in [-0.3, -0.25) is 4.79 Å². The first-order valence-corrected chi connectivity index (χ1v) is 7.63. The van der Waals surface area contributed by atoms with E-state index in [9.17, 15) is 9.59 Å². The highest BCUT2D eigenvalue weighted by Gasteiger charge is 2.16. The van der Waals surface area contributed by atoms with Crippen LogP contribution in [0.1, 0.15) is 19.4 Å². The van der Waals surface area contributed by atoms with E-state index < -0.39 is 11.7 Å². The molecule has 0 saturated carbocycles. The Hall–Kier alpha value is -2.82.